The third-order valence-electron chi connectivity index (χ3n) is 4.85. The molecule has 0 radical (unpaired) electrons. The Kier molecular flexibility index (Phi) is 9.94. The lowest BCUT2D eigenvalue weighted by molar-refractivity contribution is -0.0632. The van der Waals surface area contributed by atoms with Crippen LogP contribution in [-0.4, -0.2) is 40.6 Å². The predicted octanol–water partition coefficient (Wildman–Crippen LogP) is 4.19. The summed E-state index contributed by atoms with van der Waals surface area (Å²) in [7, 11) is 4.51. The van der Waals surface area contributed by atoms with Crippen LogP contribution in [0.15, 0.2) is 72.8 Å². The van der Waals surface area contributed by atoms with E-state index in [0.717, 1.165) is 0 Å². The van der Waals surface area contributed by atoms with Gasteiger partial charge in [-0.25, -0.2) is 0 Å². The Morgan fingerprint density at radius 2 is 0.833 bits per heavy atom. The number of hydrogen-bond acceptors (Lipinski definition) is 12. The molecule has 0 N–H and O–H groups in total. The minimum atomic E-state index is -1.13. The number of benzene rings is 3. The minimum absolute atomic E-state index is 0.157. The Morgan fingerprint density at radius 1 is 0.528 bits per heavy atom. The van der Waals surface area contributed by atoms with Crippen molar-refractivity contribution < 1.29 is 28.7 Å². The summed E-state index contributed by atoms with van der Waals surface area (Å²) in [5.41, 5.74) is 0.533. The standard InChI is InChI=1S/C24H26N3O9/c1-31-21-10-4-18(5-11-21)25(28)34-16-24(36-27(30)20-8-14-23(33-3)15-9-20)17-35-26(29)19-6-12-22(32-2)13-7-19/h4-15,24H,16-17H2,1-3H3/q-3. The SMILES string of the molecule is COc1ccc(N([O-])OCC(CON([O-])c2ccc(OC)cc2)ON([O-])c2ccc(OC)cc2)cc1. The maximum Gasteiger partial charge on any atom is 0.136 e. The summed E-state index contributed by atoms with van der Waals surface area (Å²) >= 11 is 0. The van der Waals surface area contributed by atoms with Crippen LogP contribution >= 0.6 is 0 Å². The van der Waals surface area contributed by atoms with Gasteiger partial charge in [0.1, 0.15) is 36.6 Å². The van der Waals surface area contributed by atoms with E-state index < -0.39 is 19.3 Å². The minimum Gasteiger partial charge on any atom is -0.733 e. The first kappa shape index (κ1) is 26.8. The fraction of sp³-hybridized carbons (Fsp3) is 0.250. The summed E-state index contributed by atoms with van der Waals surface area (Å²) in [5.74, 6) is 1.69. The molecule has 12 heteroatoms. The van der Waals surface area contributed by atoms with Crippen molar-refractivity contribution in [2.45, 2.75) is 6.10 Å². The average molecular weight is 500 g/mol. The summed E-state index contributed by atoms with van der Waals surface area (Å²) in [5, 5.41) is 38.0. The molecule has 0 aromatic heterocycles. The van der Waals surface area contributed by atoms with Crippen molar-refractivity contribution in [2.24, 2.45) is 0 Å². The maximum absolute atomic E-state index is 12.6. The molecule has 0 spiro atoms. The third-order valence-corrected chi connectivity index (χ3v) is 4.85. The first-order chi connectivity index (χ1) is 17.4. The van der Waals surface area contributed by atoms with Gasteiger partial charge < -0.3 is 45.5 Å². The molecule has 0 saturated carbocycles. The van der Waals surface area contributed by atoms with E-state index in [2.05, 4.69) is 0 Å². The zero-order chi connectivity index (χ0) is 25.9. The molecule has 3 aromatic carbocycles. The van der Waals surface area contributed by atoms with Crippen LogP contribution in [0.5, 0.6) is 17.2 Å². The Balaban J connectivity index is 1.64. The van der Waals surface area contributed by atoms with Gasteiger partial charge in [0.05, 0.1) is 38.4 Å². The van der Waals surface area contributed by atoms with Gasteiger partial charge in [-0.05, 0) is 72.8 Å². The van der Waals surface area contributed by atoms with Gasteiger partial charge in [-0.1, -0.05) is 0 Å². The van der Waals surface area contributed by atoms with E-state index in [-0.39, 0.29) is 32.7 Å². The number of nitrogens with zero attached hydrogens (tertiary/aromatic N) is 3. The summed E-state index contributed by atoms with van der Waals surface area (Å²) in [6.07, 6.45) is -1.13. The van der Waals surface area contributed by atoms with Crippen LogP contribution in [0.25, 0.3) is 0 Å². The van der Waals surface area contributed by atoms with Crippen LogP contribution in [0.4, 0.5) is 17.1 Å². The largest absolute Gasteiger partial charge is 0.733 e. The van der Waals surface area contributed by atoms with E-state index in [4.69, 9.17) is 28.7 Å². The topological polar surface area (TPSA) is 134 Å². The number of ether oxygens (including phenoxy) is 3. The second-order valence-corrected chi connectivity index (χ2v) is 7.18. The molecule has 36 heavy (non-hydrogen) atoms. The highest BCUT2D eigenvalue weighted by atomic mass is 16.9. The fourth-order valence-corrected chi connectivity index (χ4v) is 2.87. The molecule has 3 rings (SSSR count). The number of methoxy groups -OCH3 is 3. The smallest absolute Gasteiger partial charge is 0.136 e. The van der Waals surface area contributed by atoms with Gasteiger partial charge >= 0.3 is 0 Å². The van der Waals surface area contributed by atoms with Gasteiger partial charge in [0.2, 0.25) is 0 Å². The van der Waals surface area contributed by atoms with E-state index in [1.807, 2.05) is 0 Å². The lowest BCUT2D eigenvalue weighted by atomic mass is 10.3. The first-order valence-electron chi connectivity index (χ1n) is 10.7. The second-order valence-electron chi connectivity index (χ2n) is 7.18. The molecule has 0 aliphatic carbocycles. The van der Waals surface area contributed by atoms with Crippen LogP contribution in [0.3, 0.4) is 0 Å². The molecular formula is C24H26N3O9-3. The van der Waals surface area contributed by atoms with Gasteiger partial charge in [-0.3, -0.25) is 14.5 Å². The van der Waals surface area contributed by atoms with Crippen LogP contribution < -0.4 is 29.9 Å². The molecule has 0 unspecified atom stereocenters. The highest BCUT2D eigenvalue weighted by molar-refractivity contribution is 5.49. The molecule has 12 nitrogen and oxygen atoms in total. The van der Waals surface area contributed by atoms with Gasteiger partial charge in [0.25, 0.3) is 0 Å². The van der Waals surface area contributed by atoms with Gasteiger partial charge in [0.15, 0.2) is 0 Å². The molecule has 3 aromatic rings. The molecule has 0 heterocycles. The van der Waals surface area contributed by atoms with Crippen LogP contribution in [0.2, 0.25) is 0 Å². The molecular weight excluding hydrogens is 474 g/mol. The second kappa shape index (κ2) is 13.3. The normalized spacial score (nSPS) is 10.8. The molecule has 0 aliphatic rings. The lowest BCUT2D eigenvalue weighted by Gasteiger charge is -2.37. The average Bonchev–Trinajstić information content (AvgIpc) is 2.94. The van der Waals surface area contributed by atoms with Crippen molar-refractivity contribution >= 4 is 17.1 Å². The number of anilines is 3. The van der Waals surface area contributed by atoms with Crippen molar-refractivity contribution in [1.29, 1.82) is 0 Å². The summed E-state index contributed by atoms with van der Waals surface area (Å²) in [6, 6.07) is 18.5. The number of hydrogen-bond donors (Lipinski definition) is 0. The zero-order valence-corrected chi connectivity index (χ0v) is 19.9. The van der Waals surface area contributed by atoms with E-state index in [9.17, 15) is 15.6 Å². The maximum atomic E-state index is 12.6. The molecule has 0 amide bonds. The van der Waals surface area contributed by atoms with E-state index in [1.54, 1.807) is 36.4 Å². The van der Waals surface area contributed by atoms with Gasteiger partial charge in [-0.2, -0.15) is 0 Å². The van der Waals surface area contributed by atoms with Gasteiger partial charge in [0, 0.05) is 0 Å². The van der Waals surface area contributed by atoms with Crippen molar-refractivity contribution in [3.63, 3.8) is 0 Å². The quantitative estimate of drug-likeness (QED) is 0.294. The number of rotatable bonds is 14. The highest BCUT2D eigenvalue weighted by Crippen LogP contribution is 2.22. The van der Waals surface area contributed by atoms with Gasteiger partial charge in [-0.15, -0.1) is 0 Å². The van der Waals surface area contributed by atoms with Crippen molar-refractivity contribution in [3.05, 3.63) is 88.4 Å². The molecule has 0 saturated heterocycles. The highest BCUT2D eigenvalue weighted by Gasteiger charge is 2.15. The molecule has 0 fully saturated rings. The molecule has 0 atom stereocenters. The van der Waals surface area contributed by atoms with Crippen LogP contribution in [0.1, 0.15) is 0 Å². The lowest BCUT2D eigenvalue weighted by Crippen LogP contribution is -2.36. The predicted molar refractivity (Wildman–Crippen MR) is 133 cm³/mol. The summed E-state index contributed by atoms with van der Waals surface area (Å²) < 4.78 is 15.2. The third kappa shape index (κ3) is 7.61. The van der Waals surface area contributed by atoms with Crippen molar-refractivity contribution in [3.8, 4) is 17.2 Å². The van der Waals surface area contributed by atoms with Crippen molar-refractivity contribution in [1.82, 2.24) is 0 Å². The Hall–Kier alpha value is -3.78. The van der Waals surface area contributed by atoms with Crippen LogP contribution in [-0.2, 0) is 14.5 Å². The Labute approximate surface area is 208 Å². The summed E-state index contributed by atoms with van der Waals surface area (Å²) in [6.45, 7) is -0.804. The first-order valence-corrected chi connectivity index (χ1v) is 10.7. The van der Waals surface area contributed by atoms with Crippen LogP contribution in [0, 0.1) is 15.6 Å². The fourth-order valence-electron chi connectivity index (χ4n) is 2.87. The Bertz CT molecular complexity index is 979. The van der Waals surface area contributed by atoms with E-state index in [0.29, 0.717) is 17.2 Å². The molecule has 0 aliphatic heterocycles. The van der Waals surface area contributed by atoms with E-state index in [1.165, 1.54) is 57.7 Å². The molecule has 194 valence electrons. The monoisotopic (exact) mass is 500 g/mol. The van der Waals surface area contributed by atoms with E-state index >= 15 is 0 Å². The Morgan fingerprint density at radius 3 is 1.14 bits per heavy atom. The van der Waals surface area contributed by atoms with Crippen molar-refractivity contribution in [2.75, 3.05) is 50.2 Å². The summed E-state index contributed by atoms with van der Waals surface area (Å²) in [4.78, 5) is 15.8. The zero-order valence-electron chi connectivity index (χ0n) is 19.9. The molecule has 0 bridgehead atoms.